The summed E-state index contributed by atoms with van der Waals surface area (Å²) in [7, 11) is 5.05. The largest absolute Gasteiger partial charge is 0.507 e. The average molecular weight is 724 g/mol. The lowest BCUT2D eigenvalue weighted by molar-refractivity contribution is -0.138. The summed E-state index contributed by atoms with van der Waals surface area (Å²) in [4.78, 5) is 66.5. The molecule has 0 atom stereocenters. The molecule has 0 aliphatic heterocycles. The first kappa shape index (κ1) is 43.2. The van der Waals surface area contributed by atoms with E-state index in [0.717, 1.165) is 12.0 Å². The van der Waals surface area contributed by atoms with Crippen molar-refractivity contribution in [2.24, 2.45) is 21.1 Å². The van der Waals surface area contributed by atoms with Crippen molar-refractivity contribution < 1.29 is 33.8 Å². The molecule has 0 saturated heterocycles. The van der Waals surface area contributed by atoms with Crippen LogP contribution in [0.2, 0.25) is 0 Å². The number of azo groups is 1. The number of hydrogen-bond acceptors (Lipinski definition) is 9. The Bertz CT molecular complexity index is 1550. The summed E-state index contributed by atoms with van der Waals surface area (Å²) in [5, 5.41) is 24.3. The van der Waals surface area contributed by atoms with Crippen LogP contribution in [0.1, 0.15) is 83.1 Å². The van der Waals surface area contributed by atoms with Gasteiger partial charge in [-0.1, -0.05) is 60.1 Å². The fourth-order valence-electron chi connectivity index (χ4n) is 4.87. The molecule has 14 nitrogen and oxygen atoms in total. The molecule has 52 heavy (non-hydrogen) atoms. The number of nitrogens with one attached hydrogen (secondary N) is 2. The number of amides is 5. The summed E-state index contributed by atoms with van der Waals surface area (Å²) in [6, 6.07) is 11.3. The van der Waals surface area contributed by atoms with Crippen molar-refractivity contribution in [3.8, 4) is 5.75 Å². The number of aromatic hydroxyl groups is 1. The van der Waals surface area contributed by atoms with E-state index in [-0.39, 0.29) is 35.6 Å². The number of nitrogens with zero attached hydrogens (tertiary/aromatic N) is 5. The number of phenols is 1. The van der Waals surface area contributed by atoms with Crippen LogP contribution in [0, 0.1) is 10.8 Å². The standard InChI is InChI=1S/C38H57N7O7/c1-37(2,3)34(49)43(7)22-21-39-32(47)13-11-10-12-20-40-33(48)30-25-29(18-19-31(30)46)42-41-28-16-14-27(15-17-28)26-52-36(51)45(9)24-23-44(8)35(50)38(4,5)6/h14-19,25,46H,10-13,20-24,26H2,1-9H3,(H,39,47)(H,40,48). The molecule has 0 saturated carbocycles. The van der Waals surface area contributed by atoms with Crippen molar-refractivity contribution in [2.45, 2.75) is 73.8 Å². The molecule has 0 aromatic heterocycles. The van der Waals surface area contributed by atoms with E-state index >= 15 is 0 Å². The summed E-state index contributed by atoms with van der Waals surface area (Å²) < 4.78 is 5.40. The van der Waals surface area contributed by atoms with Gasteiger partial charge in [-0.05, 0) is 48.7 Å². The number of benzene rings is 2. The van der Waals surface area contributed by atoms with E-state index in [2.05, 4.69) is 20.9 Å². The minimum Gasteiger partial charge on any atom is -0.507 e. The predicted molar refractivity (Wildman–Crippen MR) is 200 cm³/mol. The molecule has 0 spiro atoms. The highest BCUT2D eigenvalue weighted by Crippen LogP contribution is 2.25. The van der Waals surface area contributed by atoms with Gasteiger partial charge >= 0.3 is 6.09 Å². The number of unbranched alkanes of at least 4 members (excludes halogenated alkanes) is 2. The van der Waals surface area contributed by atoms with Gasteiger partial charge in [0, 0.05) is 71.1 Å². The van der Waals surface area contributed by atoms with Gasteiger partial charge < -0.3 is 35.2 Å². The van der Waals surface area contributed by atoms with Gasteiger partial charge in [-0.15, -0.1) is 0 Å². The predicted octanol–water partition coefficient (Wildman–Crippen LogP) is 5.79. The maximum absolute atomic E-state index is 12.7. The zero-order chi connectivity index (χ0) is 39.1. The number of carbonyl (C=O) groups is 5. The SMILES string of the molecule is CN(CCN(C)C(=O)C(C)(C)C)C(=O)OCc1ccc(N=Nc2ccc(O)c(C(=O)NCCCCCC(=O)NCCN(C)C(=O)C(C)(C)C)c2)cc1. The number of carbonyl (C=O) groups excluding carboxylic acids is 5. The summed E-state index contributed by atoms with van der Waals surface area (Å²) in [5.74, 6) is -0.695. The summed E-state index contributed by atoms with van der Waals surface area (Å²) in [6.45, 7) is 13.1. The van der Waals surface area contributed by atoms with Gasteiger partial charge in [-0.25, -0.2) is 4.79 Å². The Morgan fingerprint density at radius 3 is 1.87 bits per heavy atom. The Balaban J connectivity index is 1.74. The van der Waals surface area contributed by atoms with Crippen LogP contribution in [-0.2, 0) is 25.7 Å². The second-order valence-corrected chi connectivity index (χ2v) is 14.9. The van der Waals surface area contributed by atoms with Crippen LogP contribution in [-0.4, -0.2) is 103 Å². The highest BCUT2D eigenvalue weighted by molar-refractivity contribution is 5.97. The van der Waals surface area contributed by atoms with E-state index in [9.17, 15) is 29.1 Å². The summed E-state index contributed by atoms with van der Waals surface area (Å²) in [6.07, 6.45) is 1.90. The Kier molecular flexibility index (Phi) is 16.7. The average Bonchev–Trinajstić information content (AvgIpc) is 3.09. The van der Waals surface area contributed by atoms with Crippen LogP contribution in [0.3, 0.4) is 0 Å². The number of ether oxygens (including phenoxy) is 1. The molecule has 0 aliphatic carbocycles. The molecule has 2 aromatic carbocycles. The molecule has 14 heteroatoms. The second-order valence-electron chi connectivity index (χ2n) is 14.9. The molecule has 0 heterocycles. The smallest absolute Gasteiger partial charge is 0.409 e. The number of hydrogen-bond donors (Lipinski definition) is 3. The Morgan fingerprint density at radius 2 is 1.25 bits per heavy atom. The molecule has 2 rings (SSSR count). The van der Waals surface area contributed by atoms with Gasteiger partial charge in [-0.2, -0.15) is 10.2 Å². The lowest BCUT2D eigenvalue weighted by Gasteiger charge is -2.27. The van der Waals surface area contributed by atoms with E-state index in [4.69, 9.17) is 4.74 Å². The highest BCUT2D eigenvalue weighted by Gasteiger charge is 2.26. The topological polar surface area (TPSA) is 173 Å². The van der Waals surface area contributed by atoms with Gasteiger partial charge in [0.15, 0.2) is 0 Å². The monoisotopic (exact) mass is 723 g/mol. The third-order valence-corrected chi connectivity index (χ3v) is 8.00. The van der Waals surface area contributed by atoms with Crippen molar-refractivity contribution in [2.75, 3.05) is 53.9 Å². The molecule has 5 amide bonds. The Hall–Kier alpha value is -5.01. The van der Waals surface area contributed by atoms with Crippen molar-refractivity contribution in [3.63, 3.8) is 0 Å². The lowest BCUT2D eigenvalue weighted by atomic mass is 9.95. The quantitative estimate of drug-likeness (QED) is 0.137. The van der Waals surface area contributed by atoms with E-state index < -0.39 is 22.8 Å². The molecule has 3 N–H and O–H groups in total. The zero-order valence-electron chi connectivity index (χ0n) is 32.2. The number of likely N-dealkylation sites (N-methyl/N-ethyl adjacent to an activating group) is 3. The minimum absolute atomic E-state index is 0.00480. The van der Waals surface area contributed by atoms with E-state index in [1.54, 1.807) is 61.3 Å². The van der Waals surface area contributed by atoms with Gasteiger partial charge in [0.1, 0.15) is 12.4 Å². The summed E-state index contributed by atoms with van der Waals surface area (Å²) in [5.41, 5.74) is 0.771. The van der Waals surface area contributed by atoms with Crippen LogP contribution in [0.15, 0.2) is 52.7 Å². The van der Waals surface area contributed by atoms with Crippen LogP contribution in [0.5, 0.6) is 5.75 Å². The van der Waals surface area contributed by atoms with Crippen LogP contribution in [0.4, 0.5) is 16.2 Å². The third-order valence-electron chi connectivity index (χ3n) is 8.00. The van der Waals surface area contributed by atoms with Gasteiger partial charge in [0.05, 0.1) is 16.9 Å². The third kappa shape index (κ3) is 15.1. The van der Waals surface area contributed by atoms with Crippen LogP contribution in [0.25, 0.3) is 0 Å². The van der Waals surface area contributed by atoms with E-state index in [1.807, 2.05) is 41.5 Å². The highest BCUT2D eigenvalue weighted by atomic mass is 16.6. The minimum atomic E-state index is -0.500. The van der Waals surface area contributed by atoms with Crippen molar-refractivity contribution in [1.82, 2.24) is 25.3 Å². The first-order valence-electron chi connectivity index (χ1n) is 17.6. The number of rotatable bonds is 17. The first-order valence-corrected chi connectivity index (χ1v) is 17.6. The van der Waals surface area contributed by atoms with E-state index in [0.29, 0.717) is 63.4 Å². The number of phenolic OH excluding ortho intramolecular Hbond substituents is 1. The molecule has 0 bridgehead atoms. The zero-order valence-corrected chi connectivity index (χ0v) is 32.2. The molecule has 0 aliphatic rings. The molecule has 0 unspecified atom stereocenters. The molecule has 0 radical (unpaired) electrons. The van der Waals surface area contributed by atoms with E-state index in [1.165, 1.54) is 17.0 Å². The normalized spacial score (nSPS) is 11.6. The lowest BCUT2D eigenvalue weighted by Crippen LogP contribution is -2.41. The van der Waals surface area contributed by atoms with Crippen molar-refractivity contribution in [3.05, 3.63) is 53.6 Å². The fourth-order valence-corrected chi connectivity index (χ4v) is 4.87. The van der Waals surface area contributed by atoms with Gasteiger partial charge in [0.25, 0.3) is 5.91 Å². The molecule has 0 fully saturated rings. The van der Waals surface area contributed by atoms with Crippen molar-refractivity contribution >= 4 is 41.1 Å². The maximum Gasteiger partial charge on any atom is 0.409 e. The second kappa shape index (κ2) is 20.1. The van der Waals surface area contributed by atoms with Gasteiger partial charge in [-0.3, -0.25) is 19.2 Å². The first-order chi connectivity index (χ1) is 24.3. The molecule has 286 valence electrons. The summed E-state index contributed by atoms with van der Waals surface area (Å²) >= 11 is 0. The molecular formula is C38H57N7O7. The maximum atomic E-state index is 12.7. The Morgan fingerprint density at radius 1 is 0.692 bits per heavy atom. The van der Waals surface area contributed by atoms with Crippen LogP contribution >= 0.6 is 0 Å². The van der Waals surface area contributed by atoms with Crippen molar-refractivity contribution in [1.29, 1.82) is 0 Å². The van der Waals surface area contributed by atoms with Crippen LogP contribution < -0.4 is 10.6 Å². The molecule has 2 aromatic rings. The van der Waals surface area contributed by atoms with Gasteiger partial charge in [0.2, 0.25) is 17.7 Å². The molecular weight excluding hydrogens is 666 g/mol. The fraction of sp³-hybridized carbons (Fsp3) is 0.553. The Labute approximate surface area is 308 Å².